The first-order valence-corrected chi connectivity index (χ1v) is 7.00. The zero-order chi connectivity index (χ0) is 16.5. The molecule has 0 atom stereocenters. The predicted octanol–water partition coefficient (Wildman–Crippen LogP) is 2.37. The lowest BCUT2D eigenvalue weighted by Gasteiger charge is -2.02. The molecule has 0 aliphatic heterocycles. The van der Waals surface area contributed by atoms with Crippen molar-refractivity contribution in [2.24, 2.45) is 4.99 Å². The molecule has 0 aromatic heterocycles. The third-order valence-corrected chi connectivity index (χ3v) is 2.95. The summed E-state index contributed by atoms with van der Waals surface area (Å²) in [5.41, 5.74) is 0.965. The highest BCUT2D eigenvalue weighted by Gasteiger charge is 2.09. The second-order valence-corrected chi connectivity index (χ2v) is 4.65. The van der Waals surface area contributed by atoms with E-state index in [0.717, 1.165) is 6.21 Å². The number of carbonyl (C=O) groups is 3. The van der Waals surface area contributed by atoms with Gasteiger partial charge in [-0.15, -0.1) is 0 Å². The number of nitrogens with zero attached hydrogens (tertiary/aromatic N) is 1. The summed E-state index contributed by atoms with van der Waals surface area (Å²) in [6.45, 7) is -0.647. The van der Waals surface area contributed by atoms with Gasteiger partial charge in [0.25, 0.3) is 0 Å². The normalized spacial score (nSPS) is 10.4. The summed E-state index contributed by atoms with van der Waals surface area (Å²) in [7, 11) is 0. The molecular formula is C18H15NO4. The van der Waals surface area contributed by atoms with Crippen LogP contribution in [0, 0.1) is 0 Å². The van der Waals surface area contributed by atoms with E-state index in [2.05, 4.69) is 4.99 Å². The minimum atomic E-state index is -0.661. The predicted molar refractivity (Wildman–Crippen MR) is 85.9 cm³/mol. The van der Waals surface area contributed by atoms with Crippen LogP contribution in [0.4, 0.5) is 0 Å². The van der Waals surface area contributed by atoms with Gasteiger partial charge in [0.2, 0.25) is 5.78 Å². The number of carbonyl (C=O) groups excluding carboxylic acids is 3. The summed E-state index contributed by atoms with van der Waals surface area (Å²) in [5.74, 6) is -1.24. The molecule has 0 saturated heterocycles. The van der Waals surface area contributed by atoms with Crippen LogP contribution in [0.3, 0.4) is 0 Å². The van der Waals surface area contributed by atoms with Crippen molar-refractivity contribution in [2.75, 3.05) is 13.2 Å². The van der Waals surface area contributed by atoms with Gasteiger partial charge in [-0.3, -0.25) is 19.4 Å². The van der Waals surface area contributed by atoms with Crippen LogP contribution in [0.1, 0.15) is 20.7 Å². The lowest BCUT2D eigenvalue weighted by Crippen LogP contribution is -2.16. The standard InChI is InChI=1S/C18H15NO4/c20-16(14-7-3-1-4-8-14)11-19-12-18(22)23-13-17(21)15-9-5-2-6-10-15/h1-11H,12-13H2. The average Bonchev–Trinajstić information content (AvgIpc) is 2.61. The largest absolute Gasteiger partial charge is 0.456 e. The fourth-order valence-electron chi connectivity index (χ4n) is 1.78. The Morgan fingerprint density at radius 1 is 0.870 bits per heavy atom. The summed E-state index contributed by atoms with van der Waals surface area (Å²) < 4.78 is 4.83. The Morgan fingerprint density at radius 3 is 2.04 bits per heavy atom. The van der Waals surface area contributed by atoms with Crippen molar-refractivity contribution in [1.82, 2.24) is 0 Å². The van der Waals surface area contributed by atoms with Crippen molar-refractivity contribution in [2.45, 2.75) is 0 Å². The van der Waals surface area contributed by atoms with E-state index in [0.29, 0.717) is 11.1 Å². The zero-order valence-corrected chi connectivity index (χ0v) is 12.3. The molecule has 0 radical (unpaired) electrons. The van der Waals surface area contributed by atoms with Crippen LogP contribution >= 0.6 is 0 Å². The van der Waals surface area contributed by atoms with E-state index < -0.39 is 5.97 Å². The maximum Gasteiger partial charge on any atom is 0.328 e. The second-order valence-electron chi connectivity index (χ2n) is 4.65. The molecule has 2 rings (SSSR count). The number of aliphatic imine (C=N–C) groups is 1. The van der Waals surface area contributed by atoms with Gasteiger partial charge >= 0.3 is 5.97 Å². The SMILES string of the molecule is O=C(CN=CC(=O)c1ccccc1)OCC(=O)c1ccccc1. The van der Waals surface area contributed by atoms with Crippen molar-refractivity contribution in [3.63, 3.8) is 0 Å². The van der Waals surface area contributed by atoms with E-state index in [9.17, 15) is 14.4 Å². The highest BCUT2D eigenvalue weighted by atomic mass is 16.5. The van der Waals surface area contributed by atoms with Crippen molar-refractivity contribution >= 4 is 23.8 Å². The van der Waals surface area contributed by atoms with Gasteiger partial charge in [-0.2, -0.15) is 0 Å². The molecular weight excluding hydrogens is 294 g/mol. The summed E-state index contributed by atoms with van der Waals surface area (Å²) >= 11 is 0. The summed E-state index contributed by atoms with van der Waals surface area (Å²) in [6.07, 6.45) is 1.08. The second kappa shape index (κ2) is 8.38. The Morgan fingerprint density at radius 2 is 1.43 bits per heavy atom. The molecule has 2 aromatic rings. The van der Waals surface area contributed by atoms with E-state index in [1.807, 2.05) is 0 Å². The molecule has 23 heavy (non-hydrogen) atoms. The zero-order valence-electron chi connectivity index (χ0n) is 12.3. The Kier molecular flexibility index (Phi) is 5.94. The minimum absolute atomic E-state index is 0.289. The van der Waals surface area contributed by atoms with Crippen LogP contribution < -0.4 is 0 Å². The molecule has 5 nitrogen and oxygen atoms in total. The van der Waals surface area contributed by atoms with Crippen LogP contribution in [0.2, 0.25) is 0 Å². The monoisotopic (exact) mass is 309 g/mol. The molecule has 0 bridgehead atoms. The van der Waals surface area contributed by atoms with Crippen molar-refractivity contribution in [3.8, 4) is 0 Å². The lowest BCUT2D eigenvalue weighted by atomic mass is 10.1. The third-order valence-electron chi connectivity index (χ3n) is 2.95. The smallest absolute Gasteiger partial charge is 0.328 e. The number of rotatable bonds is 7. The summed E-state index contributed by atoms with van der Waals surface area (Å²) in [4.78, 5) is 38.7. The number of esters is 1. The fourth-order valence-corrected chi connectivity index (χ4v) is 1.78. The third kappa shape index (κ3) is 5.32. The van der Waals surface area contributed by atoms with Crippen molar-refractivity contribution in [3.05, 3.63) is 71.8 Å². The van der Waals surface area contributed by atoms with Crippen LogP contribution in [0.5, 0.6) is 0 Å². The molecule has 0 N–H and O–H groups in total. The molecule has 0 saturated carbocycles. The Hall–Kier alpha value is -3.08. The summed E-state index contributed by atoms with van der Waals surface area (Å²) in [6, 6.07) is 17.1. The molecule has 0 aliphatic carbocycles. The molecule has 116 valence electrons. The first kappa shape index (κ1) is 16.3. The Balaban J connectivity index is 1.76. The van der Waals surface area contributed by atoms with Crippen molar-refractivity contribution < 1.29 is 19.1 Å². The molecule has 5 heteroatoms. The number of Topliss-reactive ketones (excluding diaryl/α,β-unsaturated/α-hetero) is 2. The molecule has 0 spiro atoms. The number of ether oxygens (including phenoxy) is 1. The van der Waals surface area contributed by atoms with E-state index in [1.165, 1.54) is 0 Å². The number of hydrogen-bond acceptors (Lipinski definition) is 5. The van der Waals surface area contributed by atoms with E-state index in [1.54, 1.807) is 60.7 Å². The van der Waals surface area contributed by atoms with Crippen LogP contribution in [-0.4, -0.2) is 36.9 Å². The molecule has 0 aliphatic rings. The Labute approximate surface area is 133 Å². The number of hydrogen-bond donors (Lipinski definition) is 0. The van der Waals surface area contributed by atoms with Crippen LogP contribution in [0.25, 0.3) is 0 Å². The first-order chi connectivity index (χ1) is 11.2. The minimum Gasteiger partial charge on any atom is -0.456 e. The first-order valence-electron chi connectivity index (χ1n) is 7.00. The van der Waals surface area contributed by atoms with Gasteiger partial charge in [0.15, 0.2) is 12.4 Å². The van der Waals surface area contributed by atoms with E-state index in [4.69, 9.17) is 4.74 Å². The quantitative estimate of drug-likeness (QED) is 0.447. The van der Waals surface area contributed by atoms with Gasteiger partial charge < -0.3 is 4.74 Å². The highest BCUT2D eigenvalue weighted by molar-refractivity contribution is 6.35. The maximum atomic E-state index is 11.7. The molecule has 0 unspecified atom stereocenters. The number of benzene rings is 2. The topological polar surface area (TPSA) is 72.8 Å². The maximum absolute atomic E-state index is 11.7. The molecule has 0 amide bonds. The van der Waals surface area contributed by atoms with E-state index in [-0.39, 0.29) is 24.7 Å². The van der Waals surface area contributed by atoms with Gasteiger partial charge in [0.1, 0.15) is 6.54 Å². The fraction of sp³-hybridized carbons (Fsp3) is 0.111. The highest BCUT2D eigenvalue weighted by Crippen LogP contribution is 2.01. The van der Waals surface area contributed by atoms with Crippen LogP contribution in [-0.2, 0) is 9.53 Å². The van der Waals surface area contributed by atoms with E-state index >= 15 is 0 Å². The lowest BCUT2D eigenvalue weighted by molar-refractivity contribution is -0.140. The molecule has 2 aromatic carbocycles. The van der Waals surface area contributed by atoms with Crippen LogP contribution in [0.15, 0.2) is 65.7 Å². The van der Waals surface area contributed by atoms with Gasteiger partial charge in [0.05, 0.1) is 6.21 Å². The molecule has 0 heterocycles. The van der Waals surface area contributed by atoms with Gasteiger partial charge in [-0.25, -0.2) is 0 Å². The van der Waals surface area contributed by atoms with Gasteiger partial charge in [-0.05, 0) is 0 Å². The number of ketones is 2. The average molecular weight is 309 g/mol. The Bertz CT molecular complexity index is 708. The van der Waals surface area contributed by atoms with Crippen molar-refractivity contribution in [1.29, 1.82) is 0 Å². The van der Waals surface area contributed by atoms with Gasteiger partial charge in [-0.1, -0.05) is 60.7 Å². The molecule has 0 fully saturated rings. The summed E-state index contributed by atoms with van der Waals surface area (Å²) in [5, 5.41) is 0. The van der Waals surface area contributed by atoms with Gasteiger partial charge in [0, 0.05) is 11.1 Å².